The lowest BCUT2D eigenvalue weighted by atomic mass is 10.0. The Hall–Kier alpha value is -2.15. The number of anilines is 2. The molecule has 1 aliphatic rings. The van der Waals surface area contributed by atoms with Crippen LogP contribution < -0.4 is 11.1 Å². The first-order valence-corrected chi connectivity index (χ1v) is 9.16. The minimum Gasteiger partial charge on any atom is -0.399 e. The van der Waals surface area contributed by atoms with Gasteiger partial charge in [-0.3, -0.25) is 0 Å². The van der Waals surface area contributed by atoms with Crippen molar-refractivity contribution in [1.82, 2.24) is 4.90 Å². The highest BCUT2D eigenvalue weighted by Crippen LogP contribution is 2.18. The molecule has 0 saturated carbocycles. The summed E-state index contributed by atoms with van der Waals surface area (Å²) in [5, 5.41) is 4.38. The minimum atomic E-state index is 0.538. The van der Waals surface area contributed by atoms with Gasteiger partial charge in [-0.15, -0.1) is 0 Å². The zero-order valence-corrected chi connectivity index (χ0v) is 15.1. The summed E-state index contributed by atoms with van der Waals surface area (Å²) in [6.07, 6.45) is 3.21. The van der Waals surface area contributed by atoms with Gasteiger partial charge in [-0.25, -0.2) is 0 Å². The lowest BCUT2D eigenvalue weighted by Gasteiger charge is -2.32. The molecule has 0 spiro atoms. The summed E-state index contributed by atoms with van der Waals surface area (Å²) in [5.74, 6) is 6.45. The van der Waals surface area contributed by atoms with Crippen LogP contribution in [0.5, 0.6) is 0 Å². The fraction of sp³-hybridized carbons (Fsp3) is 0.333. The third kappa shape index (κ3) is 5.70. The second kappa shape index (κ2) is 8.80. The van der Waals surface area contributed by atoms with Crippen molar-refractivity contribution in [3.05, 3.63) is 59.1 Å². The van der Waals surface area contributed by atoms with Crippen LogP contribution >= 0.6 is 11.6 Å². The van der Waals surface area contributed by atoms with Gasteiger partial charge in [0.15, 0.2) is 0 Å². The molecule has 3 rings (SSSR count). The van der Waals surface area contributed by atoms with Crippen molar-refractivity contribution in [3.8, 4) is 11.8 Å². The first kappa shape index (κ1) is 17.7. The summed E-state index contributed by atoms with van der Waals surface area (Å²) in [4.78, 5) is 2.49. The van der Waals surface area contributed by atoms with E-state index in [0.29, 0.717) is 6.04 Å². The molecule has 0 amide bonds. The lowest BCUT2D eigenvalue weighted by Crippen LogP contribution is -2.39. The maximum Gasteiger partial charge on any atom is 0.0407 e. The largest absolute Gasteiger partial charge is 0.399 e. The van der Waals surface area contributed by atoms with Crippen molar-refractivity contribution in [2.45, 2.75) is 25.3 Å². The van der Waals surface area contributed by atoms with E-state index < -0.39 is 0 Å². The van der Waals surface area contributed by atoms with Crippen molar-refractivity contribution in [2.75, 3.05) is 30.7 Å². The van der Waals surface area contributed by atoms with Crippen LogP contribution in [0, 0.1) is 11.8 Å². The number of nitrogen functional groups attached to an aromatic ring is 1. The van der Waals surface area contributed by atoms with Crippen LogP contribution in [0.15, 0.2) is 48.5 Å². The third-order valence-corrected chi connectivity index (χ3v) is 4.73. The maximum absolute atomic E-state index is 5.93. The lowest BCUT2D eigenvalue weighted by molar-refractivity contribution is 0.224. The zero-order valence-electron chi connectivity index (χ0n) is 14.3. The van der Waals surface area contributed by atoms with E-state index >= 15 is 0 Å². The van der Waals surface area contributed by atoms with Crippen LogP contribution in [0.4, 0.5) is 11.4 Å². The SMILES string of the molecule is Nc1cccc(C#CCCN2CCC(Nc3ccc(Cl)cc3)CC2)c1. The number of piperidine rings is 1. The summed E-state index contributed by atoms with van der Waals surface area (Å²) in [7, 11) is 0. The van der Waals surface area contributed by atoms with E-state index in [2.05, 4.69) is 22.1 Å². The molecule has 2 aromatic rings. The van der Waals surface area contributed by atoms with Gasteiger partial charge in [0, 0.05) is 54.1 Å². The summed E-state index contributed by atoms with van der Waals surface area (Å²) in [5.41, 5.74) is 8.67. The van der Waals surface area contributed by atoms with E-state index in [4.69, 9.17) is 17.3 Å². The standard InChI is InChI=1S/C21H24ClN3/c22-18-7-9-20(10-8-18)24-21-11-14-25(15-12-21)13-2-1-4-17-5-3-6-19(23)16-17/h3,5-10,16,21,24H,2,11-15,23H2. The Morgan fingerprint density at radius 2 is 1.88 bits per heavy atom. The summed E-state index contributed by atoms with van der Waals surface area (Å²) in [6, 6.07) is 16.2. The van der Waals surface area contributed by atoms with E-state index in [1.54, 1.807) is 0 Å². The van der Waals surface area contributed by atoms with Crippen LogP contribution in [-0.4, -0.2) is 30.6 Å². The van der Waals surface area contributed by atoms with Gasteiger partial charge in [-0.1, -0.05) is 29.5 Å². The first-order chi connectivity index (χ1) is 12.2. The van der Waals surface area contributed by atoms with Gasteiger partial charge in [0.1, 0.15) is 0 Å². The molecule has 130 valence electrons. The normalized spacial score (nSPS) is 15.4. The average Bonchev–Trinajstić information content (AvgIpc) is 2.62. The van der Waals surface area contributed by atoms with Crippen molar-refractivity contribution in [3.63, 3.8) is 0 Å². The van der Waals surface area contributed by atoms with Crippen LogP contribution in [-0.2, 0) is 0 Å². The van der Waals surface area contributed by atoms with Gasteiger partial charge in [0.05, 0.1) is 0 Å². The summed E-state index contributed by atoms with van der Waals surface area (Å²) in [6.45, 7) is 3.26. The predicted molar refractivity (Wildman–Crippen MR) is 107 cm³/mol. The Labute approximate surface area is 155 Å². The second-order valence-electron chi connectivity index (χ2n) is 6.44. The van der Waals surface area contributed by atoms with Crippen molar-refractivity contribution >= 4 is 23.0 Å². The number of halogens is 1. The molecular formula is C21H24ClN3. The quantitative estimate of drug-likeness (QED) is 0.638. The molecule has 0 atom stereocenters. The maximum atomic E-state index is 5.93. The number of nitrogens with zero attached hydrogens (tertiary/aromatic N) is 1. The van der Waals surface area contributed by atoms with E-state index in [1.807, 2.05) is 48.5 Å². The van der Waals surface area contributed by atoms with Crippen molar-refractivity contribution < 1.29 is 0 Å². The number of nitrogens with two attached hydrogens (primary N) is 1. The molecule has 0 aliphatic carbocycles. The topological polar surface area (TPSA) is 41.3 Å². The fourth-order valence-electron chi connectivity index (χ4n) is 3.08. The molecule has 1 heterocycles. The van der Waals surface area contributed by atoms with E-state index in [-0.39, 0.29) is 0 Å². The number of likely N-dealkylation sites (tertiary alicyclic amines) is 1. The van der Waals surface area contributed by atoms with E-state index in [1.165, 1.54) is 0 Å². The molecule has 1 saturated heterocycles. The highest BCUT2D eigenvalue weighted by Gasteiger charge is 2.18. The molecule has 0 unspecified atom stereocenters. The van der Waals surface area contributed by atoms with Crippen LogP contribution in [0.2, 0.25) is 5.02 Å². The zero-order chi connectivity index (χ0) is 17.5. The second-order valence-corrected chi connectivity index (χ2v) is 6.88. The number of benzene rings is 2. The van der Waals surface area contributed by atoms with Crippen molar-refractivity contribution in [2.24, 2.45) is 0 Å². The smallest absolute Gasteiger partial charge is 0.0407 e. The van der Waals surface area contributed by atoms with Gasteiger partial charge in [0.2, 0.25) is 0 Å². The Morgan fingerprint density at radius 3 is 2.60 bits per heavy atom. The molecule has 2 aromatic carbocycles. The van der Waals surface area contributed by atoms with Gasteiger partial charge in [-0.2, -0.15) is 0 Å². The van der Waals surface area contributed by atoms with Crippen LogP contribution in [0.3, 0.4) is 0 Å². The summed E-state index contributed by atoms with van der Waals surface area (Å²) >= 11 is 5.93. The fourth-order valence-corrected chi connectivity index (χ4v) is 3.20. The molecule has 0 bridgehead atoms. The van der Waals surface area contributed by atoms with E-state index in [0.717, 1.165) is 60.9 Å². The van der Waals surface area contributed by atoms with Gasteiger partial charge < -0.3 is 16.0 Å². The van der Waals surface area contributed by atoms with Crippen molar-refractivity contribution in [1.29, 1.82) is 0 Å². The molecule has 1 aliphatic heterocycles. The molecule has 0 radical (unpaired) electrons. The van der Waals surface area contributed by atoms with Gasteiger partial charge in [-0.05, 0) is 55.3 Å². The molecule has 25 heavy (non-hydrogen) atoms. The highest BCUT2D eigenvalue weighted by molar-refractivity contribution is 6.30. The number of hydrogen-bond acceptors (Lipinski definition) is 3. The Morgan fingerprint density at radius 1 is 1.12 bits per heavy atom. The van der Waals surface area contributed by atoms with Crippen LogP contribution in [0.25, 0.3) is 0 Å². The van der Waals surface area contributed by atoms with Gasteiger partial charge >= 0.3 is 0 Å². The number of hydrogen-bond donors (Lipinski definition) is 2. The predicted octanol–water partition coefficient (Wildman–Crippen LogP) is 4.24. The minimum absolute atomic E-state index is 0.538. The number of rotatable bonds is 4. The molecule has 4 heteroatoms. The third-order valence-electron chi connectivity index (χ3n) is 4.47. The first-order valence-electron chi connectivity index (χ1n) is 8.78. The van der Waals surface area contributed by atoms with Gasteiger partial charge in [0.25, 0.3) is 0 Å². The monoisotopic (exact) mass is 353 g/mol. The number of nitrogens with one attached hydrogen (secondary N) is 1. The Kier molecular flexibility index (Phi) is 6.22. The molecule has 1 fully saturated rings. The summed E-state index contributed by atoms with van der Waals surface area (Å²) < 4.78 is 0. The van der Waals surface area contributed by atoms with E-state index in [9.17, 15) is 0 Å². The van der Waals surface area contributed by atoms with Crippen LogP contribution in [0.1, 0.15) is 24.8 Å². The Bertz CT molecular complexity index is 738. The molecule has 3 N–H and O–H groups in total. The molecular weight excluding hydrogens is 330 g/mol. The molecule has 0 aromatic heterocycles. The average molecular weight is 354 g/mol. The highest BCUT2D eigenvalue weighted by atomic mass is 35.5. The Balaban J connectivity index is 1.39. The molecule has 3 nitrogen and oxygen atoms in total.